The molecule has 0 aliphatic carbocycles. The first-order chi connectivity index (χ1) is 13.5. The predicted molar refractivity (Wildman–Crippen MR) is 101 cm³/mol. The van der Waals surface area contributed by atoms with Gasteiger partial charge in [0.15, 0.2) is 5.15 Å². The van der Waals surface area contributed by atoms with Gasteiger partial charge in [0.2, 0.25) is 5.91 Å². The Hall–Kier alpha value is -2.20. The van der Waals surface area contributed by atoms with E-state index in [4.69, 9.17) is 11.6 Å². The molecule has 0 N–H and O–H groups in total. The second kappa shape index (κ2) is 8.27. The molecule has 1 aromatic carbocycles. The van der Waals surface area contributed by atoms with Crippen LogP contribution in [0.25, 0.3) is 0 Å². The lowest BCUT2D eigenvalue weighted by atomic mass is 10.00. The Balaban J connectivity index is 1.93. The van der Waals surface area contributed by atoms with Gasteiger partial charge in [-0.3, -0.25) is 4.79 Å². The molecular weight excluding hydrogens is 431 g/mol. The third-order valence-corrected chi connectivity index (χ3v) is 6.58. The van der Waals surface area contributed by atoms with Crippen molar-refractivity contribution in [1.82, 2.24) is 10.2 Å². The van der Waals surface area contributed by atoms with Crippen LogP contribution in [0.2, 0.25) is 5.15 Å². The van der Waals surface area contributed by atoms with Crippen LogP contribution >= 0.6 is 11.6 Å². The lowest BCUT2D eigenvalue weighted by Gasteiger charge is -2.29. The second-order valence-electron chi connectivity index (χ2n) is 6.75. The molecular formula is C18H17ClF3N3O3S. The van der Waals surface area contributed by atoms with Crippen LogP contribution in [-0.4, -0.2) is 36.0 Å². The van der Waals surface area contributed by atoms with Crippen molar-refractivity contribution in [2.45, 2.75) is 25.6 Å². The summed E-state index contributed by atoms with van der Waals surface area (Å²) in [6.07, 6.45) is -4.31. The molecule has 1 aliphatic rings. The van der Waals surface area contributed by atoms with Gasteiger partial charge in [-0.05, 0) is 43.2 Å². The monoisotopic (exact) mass is 447 g/mol. The highest BCUT2D eigenvalue weighted by Crippen LogP contribution is 2.33. The molecule has 6 nitrogen and oxygen atoms in total. The number of sulfone groups is 1. The summed E-state index contributed by atoms with van der Waals surface area (Å²) in [4.78, 5) is 14.3. The molecule has 1 fully saturated rings. The van der Waals surface area contributed by atoms with Gasteiger partial charge in [-0.25, -0.2) is 8.42 Å². The number of hydrogen-bond acceptors (Lipinski definition) is 5. The minimum Gasteiger partial charge on any atom is -0.306 e. The van der Waals surface area contributed by atoms with Gasteiger partial charge in [0.1, 0.15) is 9.84 Å². The summed E-state index contributed by atoms with van der Waals surface area (Å²) in [5, 5.41) is 7.70. The van der Waals surface area contributed by atoms with Crippen molar-refractivity contribution < 1.29 is 26.4 Å². The van der Waals surface area contributed by atoms with Crippen molar-refractivity contribution >= 4 is 33.0 Å². The molecule has 2 heterocycles. The van der Waals surface area contributed by atoms with Crippen molar-refractivity contribution in [3.05, 3.63) is 52.8 Å². The first-order valence-corrected chi connectivity index (χ1v) is 10.9. The molecule has 0 unspecified atom stereocenters. The van der Waals surface area contributed by atoms with Gasteiger partial charge in [0.05, 0.1) is 29.3 Å². The molecule has 1 amide bonds. The zero-order valence-electron chi connectivity index (χ0n) is 15.1. The Kier molecular flexibility index (Phi) is 6.13. The quantitative estimate of drug-likeness (QED) is 0.716. The van der Waals surface area contributed by atoms with E-state index >= 15 is 0 Å². The maximum atomic E-state index is 13.1. The molecule has 2 aromatic rings. The number of rotatable bonds is 4. The molecule has 0 atom stereocenters. The van der Waals surface area contributed by atoms with Gasteiger partial charge in [-0.15, -0.1) is 5.10 Å². The zero-order valence-corrected chi connectivity index (χ0v) is 16.6. The fourth-order valence-corrected chi connectivity index (χ4v) is 4.69. The summed E-state index contributed by atoms with van der Waals surface area (Å²) in [5.74, 6) is -1.30. The van der Waals surface area contributed by atoms with Crippen molar-refractivity contribution in [3.63, 3.8) is 0 Å². The minimum absolute atomic E-state index is 0.0509. The van der Waals surface area contributed by atoms with Crippen LogP contribution in [0, 0.1) is 5.92 Å². The fraction of sp³-hybridized carbons (Fsp3) is 0.389. The first-order valence-electron chi connectivity index (χ1n) is 8.72. The Labute approximate surface area is 170 Å². The van der Waals surface area contributed by atoms with E-state index in [2.05, 4.69) is 10.2 Å². The maximum Gasteiger partial charge on any atom is 0.416 e. The molecule has 0 spiro atoms. The number of nitrogens with zero attached hydrogens (tertiary/aromatic N) is 3. The topological polar surface area (TPSA) is 80.2 Å². The van der Waals surface area contributed by atoms with Crippen LogP contribution in [0.5, 0.6) is 0 Å². The number of amides is 1. The van der Waals surface area contributed by atoms with Crippen molar-refractivity contribution in [1.29, 1.82) is 0 Å². The number of carbonyl (C=O) groups is 1. The average molecular weight is 448 g/mol. The van der Waals surface area contributed by atoms with Crippen molar-refractivity contribution in [2.24, 2.45) is 5.92 Å². The van der Waals surface area contributed by atoms with Gasteiger partial charge in [0, 0.05) is 11.6 Å². The highest BCUT2D eigenvalue weighted by molar-refractivity contribution is 7.91. The lowest BCUT2D eigenvalue weighted by molar-refractivity contribution is -0.137. The van der Waals surface area contributed by atoms with E-state index in [1.54, 1.807) is 0 Å². The first kappa shape index (κ1) is 21.5. The Morgan fingerprint density at radius 2 is 1.83 bits per heavy atom. The molecule has 3 rings (SSSR count). The van der Waals surface area contributed by atoms with Gasteiger partial charge < -0.3 is 4.90 Å². The Morgan fingerprint density at radius 3 is 2.41 bits per heavy atom. The Morgan fingerprint density at radius 1 is 1.14 bits per heavy atom. The standard InChI is InChI=1S/C18H17ClF3N3O3S/c19-16-5-4-14(23-24-16)11-25(15-3-1-2-13(10-15)18(20,21)22)17(26)12-6-8-29(27,28)9-7-12/h1-5,10,12H,6-9,11H2. The van der Waals surface area contributed by atoms with Crippen LogP contribution in [-0.2, 0) is 27.4 Å². The van der Waals surface area contributed by atoms with Crippen LogP contribution in [0.15, 0.2) is 36.4 Å². The summed E-state index contributed by atoms with van der Waals surface area (Å²) in [7, 11) is -3.19. The number of alkyl halides is 3. The highest BCUT2D eigenvalue weighted by Gasteiger charge is 2.34. The SMILES string of the molecule is O=C(C1CCS(=O)(=O)CC1)N(Cc1ccc(Cl)nn1)c1cccc(C(F)(F)F)c1. The summed E-state index contributed by atoms with van der Waals surface area (Å²) in [6, 6.07) is 7.41. The minimum atomic E-state index is -4.57. The van der Waals surface area contributed by atoms with Gasteiger partial charge in [0.25, 0.3) is 0 Å². The normalized spacial score (nSPS) is 17.1. The molecule has 0 saturated carbocycles. The van der Waals surface area contributed by atoms with Gasteiger partial charge >= 0.3 is 6.18 Å². The third kappa shape index (κ3) is 5.45. The largest absolute Gasteiger partial charge is 0.416 e. The lowest BCUT2D eigenvalue weighted by Crippen LogP contribution is -2.39. The molecule has 0 bridgehead atoms. The summed E-state index contributed by atoms with van der Waals surface area (Å²) in [6.45, 7) is -0.117. The smallest absolute Gasteiger partial charge is 0.306 e. The van der Waals surface area contributed by atoms with Gasteiger partial charge in [-0.1, -0.05) is 17.7 Å². The molecule has 1 aromatic heterocycles. The summed E-state index contributed by atoms with van der Waals surface area (Å²) in [5.41, 5.74) is -0.500. The van der Waals surface area contributed by atoms with Gasteiger partial charge in [-0.2, -0.15) is 18.3 Å². The van der Waals surface area contributed by atoms with E-state index in [1.807, 2.05) is 0 Å². The van der Waals surface area contributed by atoms with Crippen molar-refractivity contribution in [3.8, 4) is 0 Å². The summed E-state index contributed by atoms with van der Waals surface area (Å²) >= 11 is 5.71. The fourth-order valence-electron chi connectivity index (χ4n) is 3.09. The van der Waals surface area contributed by atoms with E-state index in [9.17, 15) is 26.4 Å². The van der Waals surface area contributed by atoms with Crippen molar-refractivity contribution in [2.75, 3.05) is 16.4 Å². The maximum absolute atomic E-state index is 13.1. The number of aromatic nitrogens is 2. The molecule has 1 saturated heterocycles. The average Bonchev–Trinajstić information content (AvgIpc) is 2.66. The predicted octanol–water partition coefficient (Wildman–Crippen LogP) is 3.51. The number of anilines is 1. The third-order valence-electron chi connectivity index (χ3n) is 4.66. The van der Waals surface area contributed by atoms with E-state index in [0.717, 1.165) is 12.1 Å². The van der Waals surface area contributed by atoms with Crippen LogP contribution in [0.4, 0.5) is 18.9 Å². The molecule has 11 heteroatoms. The number of benzene rings is 1. The van der Waals surface area contributed by atoms with E-state index in [0.29, 0.717) is 5.69 Å². The molecule has 156 valence electrons. The summed E-state index contributed by atoms with van der Waals surface area (Å²) < 4.78 is 62.7. The van der Waals surface area contributed by atoms with E-state index < -0.39 is 33.4 Å². The van der Waals surface area contributed by atoms with E-state index in [1.165, 1.54) is 29.2 Å². The Bertz CT molecular complexity index is 983. The number of carbonyl (C=O) groups excluding carboxylic acids is 1. The van der Waals surface area contributed by atoms with E-state index in [-0.39, 0.29) is 41.7 Å². The zero-order chi connectivity index (χ0) is 21.2. The van der Waals surface area contributed by atoms with Crippen LogP contribution < -0.4 is 4.90 Å². The molecule has 1 aliphatic heterocycles. The molecule has 0 radical (unpaired) electrons. The number of halogens is 4. The van der Waals surface area contributed by atoms with Crippen LogP contribution in [0.3, 0.4) is 0 Å². The second-order valence-corrected chi connectivity index (χ2v) is 9.44. The van der Waals surface area contributed by atoms with Crippen LogP contribution in [0.1, 0.15) is 24.1 Å². The molecule has 29 heavy (non-hydrogen) atoms. The number of hydrogen-bond donors (Lipinski definition) is 0. The highest BCUT2D eigenvalue weighted by atomic mass is 35.5.